The Hall–Kier alpha value is -0.120. The van der Waals surface area contributed by atoms with Crippen molar-refractivity contribution < 1.29 is 4.74 Å². The predicted molar refractivity (Wildman–Crippen MR) is 58.9 cm³/mol. The van der Waals surface area contributed by atoms with E-state index < -0.39 is 0 Å². The quantitative estimate of drug-likeness (QED) is 0.626. The first-order valence-electron chi connectivity index (χ1n) is 5.96. The zero-order chi connectivity index (χ0) is 10.2. The summed E-state index contributed by atoms with van der Waals surface area (Å²) in [6.45, 7) is 9.66. The number of rotatable bonds is 7. The summed E-state index contributed by atoms with van der Waals surface area (Å²) in [7, 11) is 0. The van der Waals surface area contributed by atoms with E-state index in [2.05, 4.69) is 23.9 Å². The number of ether oxygens (including phenoxy) is 1. The second kappa shape index (κ2) is 7.21. The van der Waals surface area contributed by atoms with E-state index in [9.17, 15) is 0 Å². The molecule has 0 unspecified atom stereocenters. The van der Waals surface area contributed by atoms with Crippen LogP contribution in [0.3, 0.4) is 0 Å². The average molecular weight is 200 g/mol. The smallest absolute Gasteiger partial charge is 0.112 e. The molecule has 0 aromatic rings. The highest BCUT2D eigenvalue weighted by molar-refractivity contribution is 4.59. The summed E-state index contributed by atoms with van der Waals surface area (Å²) >= 11 is 0. The van der Waals surface area contributed by atoms with Crippen LogP contribution >= 0.6 is 0 Å². The lowest BCUT2D eigenvalue weighted by atomic mass is 10.3. The molecule has 1 saturated heterocycles. The van der Waals surface area contributed by atoms with Crippen molar-refractivity contribution >= 4 is 0 Å². The van der Waals surface area contributed by atoms with E-state index in [1.54, 1.807) is 0 Å². The van der Waals surface area contributed by atoms with Crippen LogP contribution in [0, 0.1) is 0 Å². The van der Waals surface area contributed by atoms with Crippen molar-refractivity contribution in [2.45, 2.75) is 39.5 Å². The van der Waals surface area contributed by atoms with Gasteiger partial charge in [0.1, 0.15) is 6.73 Å². The van der Waals surface area contributed by atoms with Crippen molar-refractivity contribution in [2.24, 2.45) is 0 Å². The SMILES string of the molecule is CCCCN(CCCC)N1CCOC1. The molecule has 0 saturated carbocycles. The Morgan fingerprint density at radius 3 is 2.21 bits per heavy atom. The van der Waals surface area contributed by atoms with Crippen molar-refractivity contribution in [3.8, 4) is 0 Å². The molecule has 0 aromatic heterocycles. The Morgan fingerprint density at radius 2 is 1.79 bits per heavy atom. The lowest BCUT2D eigenvalue weighted by Gasteiger charge is -2.30. The monoisotopic (exact) mass is 200 g/mol. The first kappa shape index (κ1) is 12.0. The molecule has 0 aromatic carbocycles. The lowest BCUT2D eigenvalue weighted by Crippen LogP contribution is -2.42. The largest absolute Gasteiger partial charge is 0.363 e. The molecule has 0 N–H and O–H groups in total. The summed E-state index contributed by atoms with van der Waals surface area (Å²) in [4.78, 5) is 0. The van der Waals surface area contributed by atoms with Crippen LogP contribution in [0.1, 0.15) is 39.5 Å². The molecule has 14 heavy (non-hydrogen) atoms. The van der Waals surface area contributed by atoms with E-state index in [0.29, 0.717) is 0 Å². The van der Waals surface area contributed by atoms with Crippen LogP contribution in [0.25, 0.3) is 0 Å². The Labute approximate surface area is 88.0 Å². The second-order valence-electron chi connectivity index (χ2n) is 3.93. The molecule has 0 bridgehead atoms. The Bertz CT molecular complexity index is 127. The molecule has 0 aliphatic carbocycles. The van der Waals surface area contributed by atoms with E-state index >= 15 is 0 Å². The number of unbranched alkanes of at least 4 members (excludes halogenated alkanes) is 2. The molecular formula is C11H24N2O. The molecule has 3 nitrogen and oxygen atoms in total. The van der Waals surface area contributed by atoms with Crippen LogP contribution in [0.15, 0.2) is 0 Å². The standard InChI is InChI=1S/C11H24N2O/c1-3-5-7-12(8-6-4-2)13-9-10-14-11-13/h3-11H2,1-2H3. The summed E-state index contributed by atoms with van der Waals surface area (Å²) in [6.07, 6.45) is 5.13. The normalized spacial score (nSPS) is 18.2. The molecule has 0 spiro atoms. The molecule has 1 aliphatic heterocycles. The molecule has 1 rings (SSSR count). The fourth-order valence-corrected chi connectivity index (χ4v) is 1.70. The van der Waals surface area contributed by atoms with Gasteiger partial charge in [-0.15, -0.1) is 0 Å². The Balaban J connectivity index is 2.26. The van der Waals surface area contributed by atoms with Gasteiger partial charge in [-0.1, -0.05) is 26.7 Å². The van der Waals surface area contributed by atoms with E-state index in [1.807, 2.05) is 0 Å². The van der Waals surface area contributed by atoms with Crippen LogP contribution < -0.4 is 0 Å². The van der Waals surface area contributed by atoms with E-state index in [4.69, 9.17) is 4.74 Å². The van der Waals surface area contributed by atoms with Crippen LogP contribution in [-0.4, -0.2) is 43.0 Å². The summed E-state index contributed by atoms with van der Waals surface area (Å²) in [5, 5.41) is 4.82. The van der Waals surface area contributed by atoms with Gasteiger partial charge < -0.3 is 4.74 Å². The molecule has 0 radical (unpaired) electrons. The summed E-state index contributed by atoms with van der Waals surface area (Å²) in [5.74, 6) is 0. The van der Waals surface area contributed by atoms with E-state index in [1.165, 1.54) is 38.8 Å². The first-order valence-corrected chi connectivity index (χ1v) is 5.96. The molecule has 3 heteroatoms. The van der Waals surface area contributed by atoms with Gasteiger partial charge in [-0.25, -0.2) is 10.0 Å². The molecule has 1 aliphatic rings. The lowest BCUT2D eigenvalue weighted by molar-refractivity contribution is -0.0393. The van der Waals surface area contributed by atoms with Gasteiger partial charge in [-0.3, -0.25) is 0 Å². The fourth-order valence-electron chi connectivity index (χ4n) is 1.70. The maximum atomic E-state index is 5.38. The van der Waals surface area contributed by atoms with Gasteiger partial charge in [0, 0.05) is 19.6 Å². The van der Waals surface area contributed by atoms with Crippen LogP contribution in [0.5, 0.6) is 0 Å². The maximum Gasteiger partial charge on any atom is 0.112 e. The van der Waals surface area contributed by atoms with Gasteiger partial charge in [-0.05, 0) is 12.8 Å². The zero-order valence-corrected chi connectivity index (χ0v) is 9.67. The minimum Gasteiger partial charge on any atom is -0.363 e. The fraction of sp³-hybridized carbons (Fsp3) is 1.00. The molecular weight excluding hydrogens is 176 g/mol. The molecule has 1 heterocycles. The first-order chi connectivity index (χ1) is 6.88. The number of hydrogen-bond acceptors (Lipinski definition) is 3. The van der Waals surface area contributed by atoms with Crippen molar-refractivity contribution in [1.82, 2.24) is 10.0 Å². The van der Waals surface area contributed by atoms with Crippen molar-refractivity contribution in [3.63, 3.8) is 0 Å². The summed E-state index contributed by atoms with van der Waals surface area (Å²) < 4.78 is 5.38. The summed E-state index contributed by atoms with van der Waals surface area (Å²) in [5.41, 5.74) is 0. The van der Waals surface area contributed by atoms with Gasteiger partial charge in [0.2, 0.25) is 0 Å². The van der Waals surface area contributed by atoms with Gasteiger partial charge in [0.05, 0.1) is 6.61 Å². The van der Waals surface area contributed by atoms with E-state index in [-0.39, 0.29) is 0 Å². The minimum absolute atomic E-state index is 0.799. The highest BCUT2D eigenvalue weighted by atomic mass is 16.5. The highest BCUT2D eigenvalue weighted by Crippen LogP contribution is 2.08. The highest BCUT2D eigenvalue weighted by Gasteiger charge is 2.18. The predicted octanol–water partition coefficient (Wildman–Crippen LogP) is 2.09. The number of hydrogen-bond donors (Lipinski definition) is 0. The third-order valence-electron chi connectivity index (χ3n) is 2.67. The third-order valence-corrected chi connectivity index (χ3v) is 2.67. The van der Waals surface area contributed by atoms with Gasteiger partial charge in [0.25, 0.3) is 0 Å². The number of hydrazine groups is 1. The number of nitrogens with zero attached hydrogens (tertiary/aromatic N) is 2. The van der Waals surface area contributed by atoms with Crippen molar-refractivity contribution in [3.05, 3.63) is 0 Å². The molecule has 84 valence electrons. The summed E-state index contributed by atoms with van der Waals surface area (Å²) in [6, 6.07) is 0. The zero-order valence-electron chi connectivity index (χ0n) is 9.67. The van der Waals surface area contributed by atoms with Crippen molar-refractivity contribution in [1.29, 1.82) is 0 Å². The van der Waals surface area contributed by atoms with Crippen LogP contribution in [0.4, 0.5) is 0 Å². The van der Waals surface area contributed by atoms with Gasteiger partial charge in [0.15, 0.2) is 0 Å². The Morgan fingerprint density at radius 1 is 1.14 bits per heavy atom. The molecule has 1 fully saturated rings. The third kappa shape index (κ3) is 3.95. The van der Waals surface area contributed by atoms with Crippen LogP contribution in [0.2, 0.25) is 0 Å². The average Bonchev–Trinajstić information content (AvgIpc) is 2.71. The topological polar surface area (TPSA) is 15.7 Å². The molecule has 0 atom stereocenters. The minimum atomic E-state index is 0.799. The second-order valence-corrected chi connectivity index (χ2v) is 3.93. The van der Waals surface area contributed by atoms with Gasteiger partial charge in [-0.2, -0.15) is 0 Å². The van der Waals surface area contributed by atoms with Crippen molar-refractivity contribution in [2.75, 3.05) is 33.0 Å². The molecule has 0 amide bonds. The maximum absolute atomic E-state index is 5.38. The Kier molecular flexibility index (Phi) is 6.15. The van der Waals surface area contributed by atoms with Crippen LogP contribution in [-0.2, 0) is 4.74 Å². The van der Waals surface area contributed by atoms with Gasteiger partial charge >= 0.3 is 0 Å². The van der Waals surface area contributed by atoms with E-state index in [0.717, 1.165) is 19.9 Å².